The summed E-state index contributed by atoms with van der Waals surface area (Å²) in [6, 6.07) is 16.3. The predicted molar refractivity (Wildman–Crippen MR) is 96.2 cm³/mol. The Morgan fingerprint density at radius 2 is 1.88 bits per heavy atom. The maximum absolute atomic E-state index is 6.32. The van der Waals surface area contributed by atoms with Crippen molar-refractivity contribution >= 4 is 28.5 Å². The average molecular weight is 338 g/mol. The van der Waals surface area contributed by atoms with Crippen LogP contribution in [0.2, 0.25) is 5.02 Å². The fraction of sp³-hybridized carbons (Fsp3) is 0.111. The van der Waals surface area contributed by atoms with E-state index in [4.69, 9.17) is 11.6 Å². The van der Waals surface area contributed by atoms with Gasteiger partial charge in [0, 0.05) is 35.2 Å². The molecule has 0 saturated heterocycles. The Morgan fingerprint density at radius 3 is 2.71 bits per heavy atom. The number of anilines is 1. The molecule has 2 aromatic carbocycles. The van der Waals surface area contributed by atoms with Gasteiger partial charge in [-0.2, -0.15) is 5.10 Å². The van der Waals surface area contributed by atoms with Crippen molar-refractivity contribution < 1.29 is 0 Å². The largest absolute Gasteiger partial charge is 0.350 e. The summed E-state index contributed by atoms with van der Waals surface area (Å²) in [5.41, 5.74) is 3.50. The van der Waals surface area contributed by atoms with Gasteiger partial charge < -0.3 is 9.88 Å². The highest BCUT2D eigenvalue weighted by atomic mass is 35.5. The van der Waals surface area contributed by atoms with Gasteiger partial charge in [0.2, 0.25) is 5.95 Å². The minimum Gasteiger partial charge on any atom is -0.350 e. The van der Waals surface area contributed by atoms with E-state index in [1.807, 2.05) is 18.2 Å². The fourth-order valence-corrected chi connectivity index (χ4v) is 3.07. The number of nitrogens with zero attached hydrogens (tertiary/aromatic N) is 3. The average Bonchev–Trinajstić information content (AvgIpc) is 3.24. The van der Waals surface area contributed by atoms with Crippen LogP contribution in [-0.4, -0.2) is 19.7 Å². The van der Waals surface area contributed by atoms with E-state index in [9.17, 15) is 0 Å². The Kier molecular flexibility index (Phi) is 3.92. The molecule has 24 heavy (non-hydrogen) atoms. The third-order valence-electron chi connectivity index (χ3n) is 4.03. The van der Waals surface area contributed by atoms with Gasteiger partial charge in [-0.25, -0.2) is 10.1 Å². The Hall–Kier alpha value is -2.79. The molecule has 0 aliphatic heterocycles. The van der Waals surface area contributed by atoms with Gasteiger partial charge in [-0.05, 0) is 23.3 Å². The number of benzene rings is 2. The van der Waals surface area contributed by atoms with E-state index in [-0.39, 0.29) is 0 Å². The highest BCUT2D eigenvalue weighted by Gasteiger charge is 2.10. The molecule has 2 N–H and O–H groups in total. The minimum absolute atomic E-state index is 0.665. The smallest absolute Gasteiger partial charge is 0.218 e. The van der Waals surface area contributed by atoms with Gasteiger partial charge in [-0.1, -0.05) is 48.0 Å². The second kappa shape index (κ2) is 6.37. The van der Waals surface area contributed by atoms with Crippen molar-refractivity contribution in [2.24, 2.45) is 0 Å². The third kappa shape index (κ3) is 2.86. The number of nitrogens with one attached hydrogen (secondary N) is 2. The van der Waals surface area contributed by atoms with Gasteiger partial charge in [-0.3, -0.25) is 0 Å². The Labute approximate surface area is 144 Å². The van der Waals surface area contributed by atoms with Gasteiger partial charge in [0.05, 0.1) is 0 Å². The normalized spacial score (nSPS) is 11.0. The Balaban J connectivity index is 1.67. The van der Waals surface area contributed by atoms with Crippen LogP contribution in [0.5, 0.6) is 0 Å². The number of fused-ring (bicyclic) bond motifs is 1. The van der Waals surface area contributed by atoms with Gasteiger partial charge in [0.15, 0.2) is 0 Å². The zero-order chi connectivity index (χ0) is 16.4. The highest BCUT2D eigenvalue weighted by molar-refractivity contribution is 6.31. The second-order valence-corrected chi connectivity index (χ2v) is 5.99. The van der Waals surface area contributed by atoms with Gasteiger partial charge >= 0.3 is 0 Å². The van der Waals surface area contributed by atoms with Crippen molar-refractivity contribution in [1.29, 1.82) is 0 Å². The van der Waals surface area contributed by atoms with Crippen LogP contribution in [0.4, 0.5) is 5.95 Å². The second-order valence-electron chi connectivity index (χ2n) is 5.58. The minimum atomic E-state index is 0.665. The van der Waals surface area contributed by atoms with Crippen molar-refractivity contribution in [1.82, 2.24) is 19.7 Å². The zero-order valence-corrected chi connectivity index (χ0v) is 13.7. The van der Waals surface area contributed by atoms with Crippen LogP contribution in [-0.2, 0) is 13.1 Å². The molecular formula is C18H16ClN5. The molecule has 0 spiro atoms. The number of hydrogen-bond donors (Lipinski definition) is 2. The Morgan fingerprint density at radius 1 is 1.04 bits per heavy atom. The predicted octanol–water partition coefficient (Wildman–Crippen LogP) is 4.07. The number of hydrogen-bond acceptors (Lipinski definition) is 3. The molecule has 0 bridgehead atoms. The lowest BCUT2D eigenvalue weighted by Crippen LogP contribution is -2.01. The van der Waals surface area contributed by atoms with Crippen molar-refractivity contribution in [3.63, 3.8) is 0 Å². The van der Waals surface area contributed by atoms with Gasteiger partial charge in [0.25, 0.3) is 0 Å². The quantitative estimate of drug-likeness (QED) is 0.577. The molecule has 5 nitrogen and oxygen atoms in total. The van der Waals surface area contributed by atoms with Crippen LogP contribution in [0, 0.1) is 0 Å². The molecule has 2 heterocycles. The molecule has 120 valence electrons. The number of rotatable bonds is 5. The molecule has 0 aliphatic rings. The number of H-pyrrole nitrogens is 1. The van der Waals surface area contributed by atoms with Gasteiger partial charge in [-0.15, -0.1) is 0 Å². The molecular weight excluding hydrogens is 322 g/mol. The van der Waals surface area contributed by atoms with E-state index in [1.54, 1.807) is 0 Å². The van der Waals surface area contributed by atoms with Crippen LogP contribution in [0.15, 0.2) is 61.1 Å². The summed E-state index contributed by atoms with van der Waals surface area (Å²) >= 11 is 6.32. The molecule has 0 saturated carbocycles. The number of halogens is 1. The first-order valence-corrected chi connectivity index (χ1v) is 8.08. The van der Waals surface area contributed by atoms with Crippen LogP contribution < -0.4 is 5.32 Å². The van der Waals surface area contributed by atoms with Crippen molar-refractivity contribution in [3.05, 3.63) is 77.2 Å². The molecule has 0 amide bonds. The maximum Gasteiger partial charge on any atom is 0.218 e. The van der Waals surface area contributed by atoms with Crippen molar-refractivity contribution in [2.75, 3.05) is 5.32 Å². The van der Waals surface area contributed by atoms with Crippen LogP contribution >= 0.6 is 11.6 Å². The summed E-state index contributed by atoms with van der Waals surface area (Å²) < 4.78 is 2.23. The lowest BCUT2D eigenvalue weighted by molar-refractivity contribution is 0.831. The highest BCUT2D eigenvalue weighted by Crippen LogP contribution is 2.24. The molecule has 0 atom stereocenters. The molecule has 0 fully saturated rings. The van der Waals surface area contributed by atoms with Gasteiger partial charge in [0.1, 0.15) is 6.33 Å². The first-order valence-electron chi connectivity index (χ1n) is 7.70. The van der Waals surface area contributed by atoms with E-state index in [0.29, 0.717) is 12.5 Å². The summed E-state index contributed by atoms with van der Waals surface area (Å²) in [5, 5.41) is 11.9. The first-order chi connectivity index (χ1) is 11.8. The summed E-state index contributed by atoms with van der Waals surface area (Å²) in [4.78, 5) is 4.10. The number of para-hydroxylation sites is 1. The molecule has 4 rings (SSSR count). The molecule has 4 aromatic rings. The van der Waals surface area contributed by atoms with E-state index in [1.165, 1.54) is 22.8 Å². The lowest BCUT2D eigenvalue weighted by atomic mass is 10.2. The third-order valence-corrected chi connectivity index (χ3v) is 4.40. The summed E-state index contributed by atoms with van der Waals surface area (Å²) in [7, 11) is 0. The van der Waals surface area contributed by atoms with Crippen molar-refractivity contribution in [3.8, 4) is 0 Å². The molecule has 0 unspecified atom stereocenters. The topological polar surface area (TPSA) is 58.5 Å². The first kappa shape index (κ1) is 14.8. The van der Waals surface area contributed by atoms with Crippen LogP contribution in [0.25, 0.3) is 10.9 Å². The fourth-order valence-electron chi connectivity index (χ4n) is 2.87. The lowest BCUT2D eigenvalue weighted by Gasteiger charge is -2.07. The van der Waals surface area contributed by atoms with Crippen LogP contribution in [0.1, 0.15) is 11.1 Å². The summed E-state index contributed by atoms with van der Waals surface area (Å²) in [6.45, 7) is 1.41. The molecule has 2 aromatic heterocycles. The molecule has 0 aliphatic carbocycles. The Bertz CT molecular complexity index is 959. The monoisotopic (exact) mass is 337 g/mol. The van der Waals surface area contributed by atoms with E-state index >= 15 is 0 Å². The zero-order valence-electron chi connectivity index (χ0n) is 12.9. The van der Waals surface area contributed by atoms with Crippen molar-refractivity contribution in [2.45, 2.75) is 13.1 Å². The van der Waals surface area contributed by atoms with E-state index in [0.717, 1.165) is 17.1 Å². The summed E-state index contributed by atoms with van der Waals surface area (Å²) in [5.74, 6) is 0.665. The molecule has 6 heteroatoms. The SMILES string of the molecule is Clc1ccccc1Cn1cc(CNc2ncn[nH]2)c2ccccc21. The van der Waals surface area contributed by atoms with E-state index in [2.05, 4.69) is 61.6 Å². The number of aromatic amines is 1. The standard InChI is InChI=1S/C18H16ClN5/c19-16-7-3-1-5-13(16)10-24-11-14(9-20-18-21-12-22-23-18)15-6-2-4-8-17(15)24/h1-8,11-12H,9-10H2,(H2,20,21,22,23). The van der Waals surface area contributed by atoms with Crippen LogP contribution in [0.3, 0.4) is 0 Å². The van der Waals surface area contributed by atoms with E-state index < -0.39 is 0 Å². The molecule has 0 radical (unpaired) electrons. The summed E-state index contributed by atoms with van der Waals surface area (Å²) in [6.07, 6.45) is 3.65. The number of aromatic nitrogens is 4. The maximum atomic E-state index is 6.32.